The number of thiazole rings is 1. The molecule has 0 bridgehead atoms. The van der Waals surface area contributed by atoms with Gasteiger partial charge in [-0.3, -0.25) is 4.79 Å². The van der Waals surface area contributed by atoms with Crippen LogP contribution in [-0.4, -0.2) is 11.3 Å². The molecule has 3 nitrogen and oxygen atoms in total. The van der Waals surface area contributed by atoms with Crippen LogP contribution in [0.5, 0.6) is 10.9 Å². The number of hydrogen-bond acceptors (Lipinski definition) is 4. The maximum absolute atomic E-state index is 10.7. The minimum absolute atomic E-state index is 0.176. The lowest BCUT2D eigenvalue weighted by molar-refractivity contribution is 0.112. The molecule has 1 aromatic carbocycles. The fraction of sp³-hybridized carbons (Fsp3) is 0.167. The molecule has 0 fully saturated rings. The summed E-state index contributed by atoms with van der Waals surface area (Å²) in [6.45, 7) is 3.96. The van der Waals surface area contributed by atoms with Crippen molar-refractivity contribution in [3.63, 3.8) is 0 Å². The molecule has 0 N–H and O–H groups in total. The van der Waals surface area contributed by atoms with Gasteiger partial charge in [-0.05, 0) is 37.1 Å². The SMILES string of the molecule is Cc1cc(Oc2nc(Cl)c(C=O)s2)cc(C)c1Br. The summed E-state index contributed by atoms with van der Waals surface area (Å²) < 4.78 is 6.66. The standard InChI is InChI=1S/C12H9BrClNO2S/c1-6-3-8(4-7(2)10(6)13)17-12-15-11(14)9(5-16)18-12/h3-5H,1-2H3. The van der Waals surface area contributed by atoms with Crippen molar-refractivity contribution in [1.29, 1.82) is 0 Å². The van der Waals surface area contributed by atoms with E-state index in [-0.39, 0.29) is 5.15 Å². The number of aromatic nitrogens is 1. The molecule has 6 heteroatoms. The van der Waals surface area contributed by atoms with Gasteiger partial charge in [-0.2, -0.15) is 4.98 Å². The second-order valence-corrected chi connectivity index (χ2v) is 5.87. The first-order valence-electron chi connectivity index (χ1n) is 5.07. The van der Waals surface area contributed by atoms with Crippen LogP contribution in [0.25, 0.3) is 0 Å². The predicted molar refractivity (Wildman–Crippen MR) is 76.2 cm³/mol. The molecule has 0 spiro atoms. The lowest BCUT2D eigenvalue weighted by Crippen LogP contribution is -1.87. The van der Waals surface area contributed by atoms with Crippen LogP contribution in [0, 0.1) is 13.8 Å². The highest BCUT2D eigenvalue weighted by Gasteiger charge is 2.11. The van der Waals surface area contributed by atoms with E-state index in [0.717, 1.165) is 26.9 Å². The maximum Gasteiger partial charge on any atom is 0.280 e. The molecule has 1 heterocycles. The Morgan fingerprint density at radius 1 is 1.39 bits per heavy atom. The fourth-order valence-electron chi connectivity index (χ4n) is 1.48. The van der Waals surface area contributed by atoms with E-state index in [1.165, 1.54) is 0 Å². The first-order chi connectivity index (χ1) is 8.51. The number of carbonyl (C=O) groups excluding carboxylic acids is 1. The minimum Gasteiger partial charge on any atom is -0.431 e. The highest BCUT2D eigenvalue weighted by atomic mass is 79.9. The Kier molecular flexibility index (Phi) is 4.04. The molecule has 0 saturated carbocycles. The highest BCUT2D eigenvalue weighted by molar-refractivity contribution is 9.10. The molecule has 0 aliphatic heterocycles. The van der Waals surface area contributed by atoms with Crippen molar-refractivity contribution in [2.75, 3.05) is 0 Å². The first kappa shape index (κ1) is 13.5. The molecule has 1 aromatic heterocycles. The van der Waals surface area contributed by atoms with E-state index < -0.39 is 0 Å². The normalized spacial score (nSPS) is 10.4. The monoisotopic (exact) mass is 345 g/mol. The van der Waals surface area contributed by atoms with Gasteiger partial charge in [0.05, 0.1) is 0 Å². The summed E-state index contributed by atoms with van der Waals surface area (Å²) in [7, 11) is 0. The number of rotatable bonds is 3. The van der Waals surface area contributed by atoms with E-state index in [1.54, 1.807) is 0 Å². The Hall–Kier alpha value is -0.910. The van der Waals surface area contributed by atoms with Crippen molar-refractivity contribution in [3.05, 3.63) is 37.8 Å². The first-order valence-corrected chi connectivity index (χ1v) is 7.06. The molecule has 0 aliphatic rings. The van der Waals surface area contributed by atoms with Gasteiger partial charge >= 0.3 is 0 Å². The zero-order valence-corrected chi connectivity index (χ0v) is 12.8. The molecule has 2 aromatic rings. The Labute approximate surface area is 122 Å². The molecule has 0 saturated heterocycles. The van der Waals surface area contributed by atoms with Gasteiger partial charge in [0, 0.05) is 4.47 Å². The molecule has 18 heavy (non-hydrogen) atoms. The zero-order chi connectivity index (χ0) is 13.3. The van der Waals surface area contributed by atoms with Gasteiger partial charge in [-0.25, -0.2) is 0 Å². The summed E-state index contributed by atoms with van der Waals surface area (Å²) in [6.07, 6.45) is 0.672. The van der Waals surface area contributed by atoms with Crippen LogP contribution in [0.3, 0.4) is 0 Å². The summed E-state index contributed by atoms with van der Waals surface area (Å²) >= 11 is 10.4. The third-order valence-electron chi connectivity index (χ3n) is 2.31. The quantitative estimate of drug-likeness (QED) is 0.751. The van der Waals surface area contributed by atoms with Crippen LogP contribution < -0.4 is 4.74 Å². The topological polar surface area (TPSA) is 39.2 Å². The zero-order valence-electron chi connectivity index (χ0n) is 9.66. The van der Waals surface area contributed by atoms with Gasteiger partial charge in [0.15, 0.2) is 11.4 Å². The molecule has 0 unspecified atom stereocenters. The smallest absolute Gasteiger partial charge is 0.280 e. The predicted octanol–water partition coefficient (Wildman–Crippen LogP) is 4.78. The highest BCUT2D eigenvalue weighted by Crippen LogP contribution is 2.33. The van der Waals surface area contributed by atoms with Gasteiger partial charge in [0.2, 0.25) is 0 Å². The molecule has 0 amide bonds. The van der Waals surface area contributed by atoms with Gasteiger partial charge in [-0.1, -0.05) is 38.9 Å². The summed E-state index contributed by atoms with van der Waals surface area (Å²) in [5.74, 6) is 0.677. The second kappa shape index (κ2) is 5.38. The minimum atomic E-state index is 0.176. The van der Waals surface area contributed by atoms with Crippen LogP contribution in [-0.2, 0) is 0 Å². The molecular formula is C12H9BrClNO2S. The molecule has 0 aliphatic carbocycles. The average molecular weight is 347 g/mol. The number of nitrogens with zero attached hydrogens (tertiary/aromatic N) is 1. The number of halogens is 2. The van der Waals surface area contributed by atoms with Crippen molar-refractivity contribution < 1.29 is 9.53 Å². The summed E-state index contributed by atoms with van der Waals surface area (Å²) in [6, 6.07) is 3.79. The average Bonchev–Trinajstić information content (AvgIpc) is 2.66. The Balaban J connectivity index is 2.31. The van der Waals surface area contributed by atoms with E-state index in [1.807, 2.05) is 26.0 Å². The van der Waals surface area contributed by atoms with Crippen molar-refractivity contribution in [3.8, 4) is 10.9 Å². The number of hydrogen-bond donors (Lipinski definition) is 0. The molecule has 0 atom stereocenters. The number of benzene rings is 1. The molecular weight excluding hydrogens is 338 g/mol. The molecule has 94 valence electrons. The third kappa shape index (κ3) is 2.74. The number of ether oxygens (including phenoxy) is 1. The molecule has 0 radical (unpaired) electrons. The van der Waals surface area contributed by atoms with E-state index in [0.29, 0.717) is 22.1 Å². The van der Waals surface area contributed by atoms with Crippen LogP contribution >= 0.6 is 38.9 Å². The van der Waals surface area contributed by atoms with Crippen LogP contribution in [0.15, 0.2) is 16.6 Å². The summed E-state index contributed by atoms with van der Waals surface area (Å²) in [4.78, 5) is 15.0. The Morgan fingerprint density at radius 3 is 2.50 bits per heavy atom. The van der Waals surface area contributed by atoms with Crippen molar-refractivity contribution in [2.24, 2.45) is 0 Å². The van der Waals surface area contributed by atoms with Crippen molar-refractivity contribution in [2.45, 2.75) is 13.8 Å². The largest absolute Gasteiger partial charge is 0.431 e. The van der Waals surface area contributed by atoms with Crippen molar-refractivity contribution in [1.82, 2.24) is 4.98 Å². The molecule has 2 rings (SSSR count). The van der Waals surface area contributed by atoms with E-state index in [4.69, 9.17) is 16.3 Å². The van der Waals surface area contributed by atoms with Crippen LogP contribution in [0.4, 0.5) is 0 Å². The Morgan fingerprint density at radius 2 is 2.00 bits per heavy atom. The summed E-state index contributed by atoms with van der Waals surface area (Å²) in [5.41, 5.74) is 2.14. The number of aryl methyl sites for hydroxylation is 2. The van der Waals surface area contributed by atoms with Gasteiger partial charge in [0.1, 0.15) is 10.6 Å². The fourth-order valence-corrected chi connectivity index (χ4v) is 2.63. The number of aldehydes is 1. The van der Waals surface area contributed by atoms with E-state index in [9.17, 15) is 4.79 Å². The second-order valence-electron chi connectivity index (χ2n) is 3.73. The lowest BCUT2D eigenvalue weighted by Gasteiger charge is -2.07. The van der Waals surface area contributed by atoms with Crippen molar-refractivity contribution >= 4 is 45.2 Å². The number of carbonyl (C=O) groups is 1. The Bertz CT molecular complexity index is 589. The van der Waals surface area contributed by atoms with Gasteiger partial charge in [-0.15, -0.1) is 0 Å². The third-order valence-corrected chi connectivity index (χ3v) is 4.82. The van der Waals surface area contributed by atoms with Gasteiger partial charge in [0.25, 0.3) is 5.19 Å². The summed E-state index contributed by atoms with van der Waals surface area (Å²) in [5, 5.41) is 0.541. The lowest BCUT2D eigenvalue weighted by atomic mass is 10.1. The van der Waals surface area contributed by atoms with Gasteiger partial charge < -0.3 is 4.74 Å². The maximum atomic E-state index is 10.7. The van der Waals surface area contributed by atoms with E-state index in [2.05, 4.69) is 20.9 Å². The van der Waals surface area contributed by atoms with Crippen LogP contribution in [0.1, 0.15) is 20.8 Å². The van der Waals surface area contributed by atoms with E-state index >= 15 is 0 Å². The van der Waals surface area contributed by atoms with Crippen LogP contribution in [0.2, 0.25) is 5.15 Å².